The molecule has 0 heterocycles. The Labute approximate surface area is 119 Å². The monoisotopic (exact) mass is 260 g/mol. The third-order valence-electron chi connectivity index (χ3n) is 7.67. The SMILES string of the molecule is CC1CCC2CCC3C4CCCCC4CCC3C2C1. The molecule has 0 spiro atoms. The fraction of sp³-hybridized carbons (Fsp3) is 1.00. The first-order valence-electron chi connectivity index (χ1n) is 9.33. The summed E-state index contributed by atoms with van der Waals surface area (Å²) in [5, 5.41) is 0. The van der Waals surface area contributed by atoms with E-state index < -0.39 is 0 Å². The van der Waals surface area contributed by atoms with Gasteiger partial charge in [-0.05, 0) is 86.4 Å². The van der Waals surface area contributed by atoms with E-state index in [4.69, 9.17) is 0 Å². The van der Waals surface area contributed by atoms with Gasteiger partial charge >= 0.3 is 0 Å². The van der Waals surface area contributed by atoms with Crippen molar-refractivity contribution in [2.75, 3.05) is 0 Å². The van der Waals surface area contributed by atoms with Crippen LogP contribution in [0.25, 0.3) is 0 Å². The van der Waals surface area contributed by atoms with Crippen LogP contribution in [0.2, 0.25) is 0 Å². The van der Waals surface area contributed by atoms with Crippen LogP contribution >= 0.6 is 0 Å². The summed E-state index contributed by atoms with van der Waals surface area (Å²) in [6.45, 7) is 2.52. The molecule has 19 heavy (non-hydrogen) atoms. The fourth-order valence-electron chi connectivity index (χ4n) is 6.83. The zero-order valence-corrected chi connectivity index (χ0v) is 12.8. The molecule has 4 aliphatic carbocycles. The van der Waals surface area contributed by atoms with Crippen molar-refractivity contribution in [3.63, 3.8) is 0 Å². The summed E-state index contributed by atoms with van der Waals surface area (Å²) in [4.78, 5) is 0. The van der Waals surface area contributed by atoms with Gasteiger partial charge in [0.1, 0.15) is 0 Å². The van der Waals surface area contributed by atoms with E-state index in [2.05, 4.69) is 6.92 Å². The van der Waals surface area contributed by atoms with E-state index >= 15 is 0 Å². The minimum atomic E-state index is 1.03. The van der Waals surface area contributed by atoms with E-state index in [1.165, 1.54) is 6.42 Å². The van der Waals surface area contributed by atoms with E-state index in [0.29, 0.717) is 0 Å². The molecule has 7 unspecified atom stereocenters. The molecule has 0 amide bonds. The van der Waals surface area contributed by atoms with Crippen LogP contribution in [-0.4, -0.2) is 0 Å². The minimum Gasteiger partial charge on any atom is -0.0625 e. The zero-order chi connectivity index (χ0) is 12.8. The first kappa shape index (κ1) is 12.7. The van der Waals surface area contributed by atoms with Crippen LogP contribution in [0.15, 0.2) is 0 Å². The summed E-state index contributed by atoms with van der Waals surface area (Å²) in [5.41, 5.74) is 0. The second-order valence-corrected chi connectivity index (χ2v) is 8.53. The van der Waals surface area contributed by atoms with Crippen molar-refractivity contribution in [1.82, 2.24) is 0 Å². The molecule has 0 aromatic carbocycles. The lowest BCUT2D eigenvalue weighted by atomic mass is 9.51. The highest BCUT2D eigenvalue weighted by molar-refractivity contribution is 4.98. The summed E-state index contributed by atoms with van der Waals surface area (Å²) in [6.07, 6.45) is 17.4. The van der Waals surface area contributed by atoms with Gasteiger partial charge in [0.2, 0.25) is 0 Å². The van der Waals surface area contributed by atoms with Gasteiger partial charge in [-0.1, -0.05) is 32.6 Å². The van der Waals surface area contributed by atoms with Gasteiger partial charge in [-0.2, -0.15) is 0 Å². The highest BCUT2D eigenvalue weighted by Gasteiger charge is 2.48. The maximum atomic E-state index is 2.52. The molecule has 0 radical (unpaired) electrons. The van der Waals surface area contributed by atoms with Crippen LogP contribution in [0.5, 0.6) is 0 Å². The Morgan fingerprint density at radius 3 is 2.00 bits per heavy atom. The smallest absolute Gasteiger partial charge is 0.0352 e. The van der Waals surface area contributed by atoms with Crippen LogP contribution in [0.4, 0.5) is 0 Å². The average Bonchev–Trinajstić information content (AvgIpc) is 2.46. The molecule has 4 saturated carbocycles. The van der Waals surface area contributed by atoms with E-state index in [1.54, 1.807) is 64.2 Å². The average molecular weight is 260 g/mol. The molecule has 4 fully saturated rings. The van der Waals surface area contributed by atoms with Gasteiger partial charge in [0.25, 0.3) is 0 Å². The summed E-state index contributed by atoms with van der Waals surface area (Å²) >= 11 is 0. The van der Waals surface area contributed by atoms with E-state index in [0.717, 1.165) is 41.4 Å². The first-order chi connectivity index (χ1) is 9.33. The van der Waals surface area contributed by atoms with Crippen molar-refractivity contribution in [3.8, 4) is 0 Å². The van der Waals surface area contributed by atoms with Crippen LogP contribution in [-0.2, 0) is 0 Å². The van der Waals surface area contributed by atoms with Gasteiger partial charge in [-0.15, -0.1) is 0 Å². The summed E-state index contributed by atoms with van der Waals surface area (Å²) < 4.78 is 0. The normalized spacial score (nSPS) is 53.8. The fourth-order valence-corrected chi connectivity index (χ4v) is 6.83. The first-order valence-corrected chi connectivity index (χ1v) is 9.33. The molecule has 0 aromatic heterocycles. The maximum absolute atomic E-state index is 2.52. The molecule has 4 rings (SSSR count). The van der Waals surface area contributed by atoms with Crippen LogP contribution in [0, 0.1) is 41.4 Å². The van der Waals surface area contributed by atoms with Crippen LogP contribution in [0.3, 0.4) is 0 Å². The van der Waals surface area contributed by atoms with Crippen molar-refractivity contribution in [3.05, 3.63) is 0 Å². The number of hydrogen-bond donors (Lipinski definition) is 0. The second kappa shape index (κ2) is 5.08. The Morgan fingerprint density at radius 2 is 1.16 bits per heavy atom. The van der Waals surface area contributed by atoms with E-state index in [-0.39, 0.29) is 0 Å². The lowest BCUT2D eigenvalue weighted by Crippen LogP contribution is -2.46. The standard InChI is InChI=1S/C19H32/c1-13-6-7-15-9-10-17-16-5-3-2-4-14(16)8-11-18(17)19(15)12-13/h13-19H,2-12H2,1H3. The highest BCUT2D eigenvalue weighted by atomic mass is 14.5. The highest BCUT2D eigenvalue weighted by Crippen LogP contribution is 2.57. The van der Waals surface area contributed by atoms with Gasteiger partial charge in [0.05, 0.1) is 0 Å². The largest absolute Gasteiger partial charge is 0.0625 e. The Kier molecular flexibility index (Phi) is 3.40. The predicted molar refractivity (Wildman–Crippen MR) is 80.9 cm³/mol. The molecule has 0 aliphatic heterocycles. The van der Waals surface area contributed by atoms with E-state index in [9.17, 15) is 0 Å². The van der Waals surface area contributed by atoms with E-state index in [1.807, 2.05) is 0 Å². The molecule has 0 N–H and O–H groups in total. The lowest BCUT2D eigenvalue weighted by molar-refractivity contribution is -0.0483. The molecular formula is C19H32. The molecular weight excluding hydrogens is 228 g/mol. The molecule has 0 aromatic rings. The third-order valence-corrected chi connectivity index (χ3v) is 7.67. The van der Waals surface area contributed by atoms with Crippen molar-refractivity contribution in [2.45, 2.75) is 77.6 Å². The van der Waals surface area contributed by atoms with Gasteiger partial charge in [-0.3, -0.25) is 0 Å². The van der Waals surface area contributed by atoms with Gasteiger partial charge < -0.3 is 0 Å². The second-order valence-electron chi connectivity index (χ2n) is 8.53. The Morgan fingerprint density at radius 1 is 0.526 bits per heavy atom. The molecule has 0 heteroatoms. The van der Waals surface area contributed by atoms with Gasteiger partial charge in [0.15, 0.2) is 0 Å². The van der Waals surface area contributed by atoms with Gasteiger partial charge in [0, 0.05) is 0 Å². The third kappa shape index (κ3) is 2.18. The van der Waals surface area contributed by atoms with Crippen LogP contribution < -0.4 is 0 Å². The summed E-state index contributed by atoms with van der Waals surface area (Å²) in [7, 11) is 0. The zero-order valence-electron chi connectivity index (χ0n) is 12.8. The molecule has 4 aliphatic rings. The molecule has 0 bridgehead atoms. The molecule has 0 nitrogen and oxygen atoms in total. The predicted octanol–water partition coefficient (Wildman–Crippen LogP) is 5.67. The summed E-state index contributed by atoms with van der Waals surface area (Å²) in [6, 6.07) is 0. The Hall–Kier alpha value is 0. The maximum Gasteiger partial charge on any atom is -0.0352 e. The number of hydrogen-bond acceptors (Lipinski definition) is 0. The number of rotatable bonds is 0. The van der Waals surface area contributed by atoms with Crippen molar-refractivity contribution in [2.24, 2.45) is 41.4 Å². The summed E-state index contributed by atoms with van der Waals surface area (Å²) in [5.74, 6) is 7.93. The molecule has 0 saturated heterocycles. The molecule has 7 atom stereocenters. The Balaban J connectivity index is 1.53. The lowest BCUT2D eigenvalue weighted by Gasteiger charge is -2.55. The van der Waals surface area contributed by atoms with Gasteiger partial charge in [-0.25, -0.2) is 0 Å². The topological polar surface area (TPSA) is 0 Å². The Bertz CT molecular complexity index is 320. The minimum absolute atomic E-state index is 1.03. The van der Waals surface area contributed by atoms with Crippen LogP contribution in [0.1, 0.15) is 77.6 Å². The number of fused-ring (bicyclic) bond motifs is 5. The van der Waals surface area contributed by atoms with Crippen molar-refractivity contribution in [1.29, 1.82) is 0 Å². The van der Waals surface area contributed by atoms with Crippen molar-refractivity contribution >= 4 is 0 Å². The quantitative estimate of drug-likeness (QED) is 0.527. The molecule has 108 valence electrons. The van der Waals surface area contributed by atoms with Crippen molar-refractivity contribution < 1.29 is 0 Å².